The topological polar surface area (TPSA) is 149 Å². The molecule has 2 aliphatic heterocycles. The Labute approximate surface area is 355 Å². The van der Waals surface area contributed by atoms with E-state index in [-0.39, 0.29) is 67.1 Å². The highest BCUT2D eigenvalue weighted by Gasteiger charge is 2.47. The number of hydrogen-bond donors (Lipinski definition) is 0. The van der Waals surface area contributed by atoms with Crippen molar-refractivity contribution in [2.75, 3.05) is 46.4 Å². The van der Waals surface area contributed by atoms with E-state index in [0.29, 0.717) is 30.3 Å². The molecule has 1 aromatic heterocycles. The number of benzene rings is 3. The Kier molecular flexibility index (Phi) is 15.5. The van der Waals surface area contributed by atoms with Crippen LogP contribution in [0.2, 0.25) is 0 Å². The minimum Gasteiger partial charge on any atom is -0.461 e. The maximum Gasteiger partial charge on any atom is 0.339 e. The van der Waals surface area contributed by atoms with Crippen LogP contribution < -0.4 is 0 Å². The Morgan fingerprint density at radius 1 is 1.00 bits per heavy atom. The average molecular weight is 859 g/mol. The van der Waals surface area contributed by atoms with Gasteiger partial charge in [0.2, 0.25) is 5.91 Å². The molecule has 13 nitrogen and oxygen atoms in total. The van der Waals surface area contributed by atoms with Gasteiger partial charge in [0.15, 0.2) is 11.9 Å². The standard InChI is InChI=1S/C44H45F3N6O7S/c1-30(61-35-25-58-42(59-26-35)10-6-4-7-32-12-11-31(23-48)21-38(32)46)44(27-53-29-49-28-50-53,37-14-13-34(45)22-39(37)47)60-43(56)36-9-5-3-8-33(36)24-57-41(55)16-15-40(54)52-19-17-51(2)18-20-52/h3-14,21-22,28-30,35,42H,15-20,24-27H2,1-2H3/t30-,35-,42-,44-/m1/s1. The van der Waals surface area contributed by atoms with Gasteiger partial charge in [0.1, 0.15) is 36.7 Å². The molecule has 4 aromatic rings. The van der Waals surface area contributed by atoms with Crippen molar-refractivity contribution in [1.82, 2.24) is 24.6 Å². The summed E-state index contributed by atoms with van der Waals surface area (Å²) in [6.45, 7) is 4.28. The van der Waals surface area contributed by atoms with E-state index < -0.39 is 46.5 Å². The number of piperazine rings is 1. The number of aromatic nitrogens is 3. The second-order valence-corrected chi connectivity index (χ2v) is 16.2. The fraction of sp³-hybridized carbons (Fsp3) is 0.364. The summed E-state index contributed by atoms with van der Waals surface area (Å²) in [5.74, 6) is -3.93. The molecule has 17 heteroatoms. The zero-order valence-electron chi connectivity index (χ0n) is 33.6. The van der Waals surface area contributed by atoms with Gasteiger partial charge >= 0.3 is 11.9 Å². The monoisotopic (exact) mass is 858 g/mol. The number of carbonyl (C=O) groups is 3. The molecular weight excluding hydrogens is 814 g/mol. The van der Waals surface area contributed by atoms with Gasteiger partial charge in [-0.05, 0) is 50.4 Å². The molecule has 0 saturated carbocycles. The minimum atomic E-state index is -1.83. The largest absolute Gasteiger partial charge is 0.461 e. The van der Waals surface area contributed by atoms with Gasteiger partial charge in [0.25, 0.3) is 0 Å². The summed E-state index contributed by atoms with van der Waals surface area (Å²) in [5, 5.41) is 12.1. The number of amides is 1. The highest BCUT2D eigenvalue weighted by molar-refractivity contribution is 8.00. The SMILES string of the molecule is C[C@@H](S[C@H]1CO[C@H](C=CC=Cc2ccc(C#N)cc2F)OC1)[C@@](Cn1cncn1)(OC(=O)c1ccccc1COC(=O)CCC(=O)N1CCN(C)CC1)c1ccc(F)cc1F. The molecule has 61 heavy (non-hydrogen) atoms. The number of ether oxygens (including phenoxy) is 4. The van der Waals surface area contributed by atoms with Crippen molar-refractivity contribution < 1.29 is 46.5 Å². The third-order valence-electron chi connectivity index (χ3n) is 10.3. The lowest BCUT2D eigenvalue weighted by Crippen LogP contribution is -2.47. The predicted molar refractivity (Wildman–Crippen MR) is 219 cm³/mol. The number of esters is 2. The Bertz CT molecular complexity index is 2260. The molecule has 2 saturated heterocycles. The van der Waals surface area contributed by atoms with E-state index in [1.807, 2.05) is 13.1 Å². The highest BCUT2D eigenvalue weighted by atomic mass is 32.2. The van der Waals surface area contributed by atoms with Crippen molar-refractivity contribution in [3.63, 3.8) is 0 Å². The lowest BCUT2D eigenvalue weighted by molar-refractivity contribution is -0.147. The van der Waals surface area contributed by atoms with E-state index in [2.05, 4.69) is 15.0 Å². The fourth-order valence-corrected chi connectivity index (χ4v) is 8.21. The van der Waals surface area contributed by atoms with Crippen LogP contribution in [0.1, 0.15) is 52.4 Å². The van der Waals surface area contributed by atoms with Gasteiger partial charge in [-0.2, -0.15) is 10.4 Å². The van der Waals surface area contributed by atoms with E-state index >= 15 is 4.39 Å². The average Bonchev–Trinajstić information content (AvgIpc) is 3.77. The molecule has 2 fully saturated rings. The van der Waals surface area contributed by atoms with Crippen molar-refractivity contribution in [2.24, 2.45) is 0 Å². The molecule has 0 unspecified atom stereocenters. The summed E-state index contributed by atoms with van der Waals surface area (Å²) in [5.41, 5.74) is -1.07. The first-order chi connectivity index (χ1) is 29.4. The number of nitriles is 1. The normalized spacial score (nSPS) is 18.7. The van der Waals surface area contributed by atoms with Crippen molar-refractivity contribution in [3.8, 4) is 6.07 Å². The van der Waals surface area contributed by atoms with E-state index in [9.17, 15) is 23.2 Å². The number of carbonyl (C=O) groups excluding carboxylic acids is 3. The molecule has 0 N–H and O–H groups in total. The van der Waals surface area contributed by atoms with Crippen LogP contribution in [0.15, 0.2) is 91.5 Å². The molecule has 0 bridgehead atoms. The maximum absolute atomic E-state index is 16.0. The highest BCUT2D eigenvalue weighted by Crippen LogP contribution is 2.42. The molecule has 2 aliphatic rings. The summed E-state index contributed by atoms with van der Waals surface area (Å²) < 4.78 is 69.8. The molecule has 3 aromatic carbocycles. The molecule has 3 heterocycles. The molecule has 2 atom stereocenters. The van der Waals surface area contributed by atoms with Gasteiger partial charge in [-0.15, -0.1) is 11.8 Å². The zero-order valence-corrected chi connectivity index (χ0v) is 34.4. The Morgan fingerprint density at radius 3 is 2.48 bits per heavy atom. The van der Waals surface area contributed by atoms with E-state index in [4.69, 9.17) is 24.2 Å². The third kappa shape index (κ3) is 11.9. The van der Waals surface area contributed by atoms with E-state index in [1.165, 1.54) is 53.4 Å². The summed E-state index contributed by atoms with van der Waals surface area (Å²) in [4.78, 5) is 47.7. The second kappa shape index (κ2) is 21.1. The van der Waals surface area contributed by atoms with E-state index in [1.54, 1.807) is 54.3 Å². The first-order valence-electron chi connectivity index (χ1n) is 19.6. The van der Waals surface area contributed by atoms with Crippen LogP contribution in [-0.2, 0) is 47.3 Å². The van der Waals surface area contributed by atoms with E-state index in [0.717, 1.165) is 25.2 Å². The summed E-state index contributed by atoms with van der Waals surface area (Å²) in [6, 6.07) is 15.5. The fourth-order valence-electron chi connectivity index (χ4n) is 6.84. The van der Waals surface area contributed by atoms with Crippen molar-refractivity contribution >= 4 is 35.7 Å². The molecule has 0 aliphatic carbocycles. The lowest BCUT2D eigenvalue weighted by atomic mass is 9.89. The summed E-state index contributed by atoms with van der Waals surface area (Å²) >= 11 is 1.31. The third-order valence-corrected chi connectivity index (χ3v) is 11.7. The molecular formula is C44H45F3N6O7S. The maximum atomic E-state index is 16.0. The van der Waals surface area contributed by atoms with Crippen LogP contribution in [0.3, 0.4) is 0 Å². The van der Waals surface area contributed by atoms with Crippen LogP contribution in [-0.4, -0.2) is 106 Å². The van der Waals surface area contributed by atoms with Crippen molar-refractivity contribution in [3.05, 3.63) is 137 Å². The Hall–Kier alpha value is -5.80. The molecule has 0 spiro atoms. The number of thioether (sulfide) groups is 1. The van der Waals surface area contributed by atoms with Crippen molar-refractivity contribution in [2.45, 2.75) is 55.3 Å². The lowest BCUT2D eigenvalue weighted by Gasteiger charge is -2.40. The summed E-state index contributed by atoms with van der Waals surface area (Å²) in [6.07, 6.45) is 8.25. The van der Waals surface area contributed by atoms with Gasteiger partial charge in [0.05, 0.1) is 48.6 Å². The van der Waals surface area contributed by atoms with Gasteiger partial charge in [-0.25, -0.2) is 27.6 Å². The van der Waals surface area contributed by atoms with Crippen LogP contribution in [0, 0.1) is 28.8 Å². The number of hydrogen-bond acceptors (Lipinski definition) is 12. The second-order valence-electron chi connectivity index (χ2n) is 14.5. The Balaban J connectivity index is 1.16. The zero-order chi connectivity index (χ0) is 43.4. The summed E-state index contributed by atoms with van der Waals surface area (Å²) in [7, 11) is 1.98. The minimum absolute atomic E-state index is 0.00900. The first-order valence-corrected chi connectivity index (χ1v) is 20.5. The Morgan fingerprint density at radius 2 is 1.77 bits per heavy atom. The number of rotatable bonds is 16. The number of likely N-dealkylation sites (N-methyl/N-ethyl adjacent to an activating group) is 1. The van der Waals surface area contributed by atoms with Crippen LogP contribution >= 0.6 is 11.8 Å². The molecule has 0 radical (unpaired) electrons. The molecule has 320 valence electrons. The number of allylic oxidation sites excluding steroid dienone is 2. The van der Waals surface area contributed by atoms with Gasteiger partial charge in [-0.1, -0.05) is 42.5 Å². The quantitative estimate of drug-likeness (QED) is 0.0955. The molecule has 6 rings (SSSR count). The van der Waals surface area contributed by atoms with Crippen LogP contribution in [0.25, 0.3) is 6.08 Å². The van der Waals surface area contributed by atoms with Gasteiger partial charge < -0.3 is 28.7 Å². The molecule has 1 amide bonds. The predicted octanol–water partition coefficient (Wildman–Crippen LogP) is 6.05. The van der Waals surface area contributed by atoms with Crippen molar-refractivity contribution in [1.29, 1.82) is 5.26 Å². The smallest absolute Gasteiger partial charge is 0.339 e. The van der Waals surface area contributed by atoms with Gasteiger partial charge in [0, 0.05) is 60.6 Å². The number of halogens is 3. The van der Waals surface area contributed by atoms with Gasteiger partial charge in [-0.3, -0.25) is 9.59 Å². The van der Waals surface area contributed by atoms with Crippen LogP contribution in [0.5, 0.6) is 0 Å². The first kappa shape index (κ1) is 44.7. The van der Waals surface area contributed by atoms with Crippen LogP contribution in [0.4, 0.5) is 13.2 Å². The number of nitrogens with zero attached hydrogens (tertiary/aromatic N) is 6.